The number of aliphatic hydroxyl groups is 3. The molecule has 1 aliphatic heterocycles. The second kappa shape index (κ2) is 29.4. The van der Waals surface area contributed by atoms with Crippen molar-refractivity contribution in [2.24, 2.45) is 0 Å². The van der Waals surface area contributed by atoms with E-state index in [1.165, 1.54) is 0 Å². The molecule has 0 aromatic rings. The number of carbonyl (C=O) groups excluding carboxylic acids is 1. The molecule has 0 saturated carbocycles. The fourth-order valence-corrected chi connectivity index (χ4v) is 5.44. The van der Waals surface area contributed by atoms with Gasteiger partial charge in [-0.15, -0.1) is 0 Å². The Hall–Kier alpha value is -2.20. The molecule has 0 spiro atoms. The summed E-state index contributed by atoms with van der Waals surface area (Å²) < 4.78 is 58.2. The van der Waals surface area contributed by atoms with Crippen molar-refractivity contribution in [2.75, 3.05) is 26.4 Å². The van der Waals surface area contributed by atoms with Gasteiger partial charge >= 0.3 is 16.4 Å². The van der Waals surface area contributed by atoms with Gasteiger partial charge in [-0.3, -0.25) is 9.35 Å². The first-order valence-electron chi connectivity index (χ1n) is 18.0. The SMILES string of the molecule is CC/C=C\C/C=C\C/C=C\C/C=C\C/C=C\CCCCCCOCC(COC1OC(CO)C(O)C(OS(=O)(=O)O)C1O)OC(=O)CCCCC. The van der Waals surface area contributed by atoms with Crippen LogP contribution in [0.4, 0.5) is 0 Å². The Labute approximate surface area is 299 Å². The highest BCUT2D eigenvalue weighted by molar-refractivity contribution is 7.80. The molecule has 1 heterocycles. The zero-order valence-corrected chi connectivity index (χ0v) is 30.7. The molecule has 0 amide bonds. The van der Waals surface area contributed by atoms with E-state index in [1.807, 2.05) is 6.92 Å². The van der Waals surface area contributed by atoms with E-state index >= 15 is 0 Å². The van der Waals surface area contributed by atoms with Gasteiger partial charge in [0, 0.05) is 13.0 Å². The minimum atomic E-state index is -5.05. The van der Waals surface area contributed by atoms with E-state index in [-0.39, 0.29) is 19.6 Å². The summed E-state index contributed by atoms with van der Waals surface area (Å²) >= 11 is 0. The number of ether oxygens (including phenoxy) is 4. The van der Waals surface area contributed by atoms with E-state index in [0.29, 0.717) is 13.0 Å². The lowest BCUT2D eigenvalue weighted by molar-refractivity contribution is -0.301. The first-order chi connectivity index (χ1) is 24.1. The second-order valence-electron chi connectivity index (χ2n) is 12.1. The number of unbranched alkanes of at least 4 members (excludes halogenated alkanes) is 6. The van der Waals surface area contributed by atoms with Crippen molar-refractivity contribution in [1.82, 2.24) is 0 Å². The van der Waals surface area contributed by atoms with Crippen LogP contribution in [0.15, 0.2) is 60.8 Å². The minimum absolute atomic E-state index is 0.0133. The molecule has 288 valence electrons. The molecule has 0 radical (unpaired) electrons. The van der Waals surface area contributed by atoms with Crippen molar-refractivity contribution in [3.63, 3.8) is 0 Å². The molecule has 1 fully saturated rings. The van der Waals surface area contributed by atoms with Crippen molar-refractivity contribution in [2.45, 2.75) is 141 Å². The van der Waals surface area contributed by atoms with Crippen LogP contribution in [0, 0.1) is 0 Å². The van der Waals surface area contributed by atoms with Crippen LogP contribution in [0.5, 0.6) is 0 Å². The summed E-state index contributed by atoms with van der Waals surface area (Å²) in [7, 11) is -5.05. The molecular formula is C37H62O12S. The molecule has 12 nitrogen and oxygen atoms in total. The molecule has 0 aromatic carbocycles. The van der Waals surface area contributed by atoms with Crippen molar-refractivity contribution in [1.29, 1.82) is 0 Å². The van der Waals surface area contributed by atoms with Gasteiger partial charge in [-0.05, 0) is 57.8 Å². The standard InChI is InChI=1S/C37H62O12S/c1-3-5-7-8-9-10-11-12-13-14-15-16-17-18-19-20-21-22-23-25-27-45-29-31(47-33(39)26-24-6-4-2)30-46-37-35(41)36(49-50(42,43)44)34(40)32(28-38)48-37/h5,7,9-10,12-13,15-16,18-19,31-32,34-38,40-41H,3-4,6,8,11,14,17,20-30H2,1-2H3,(H,42,43,44)/b7-5-,10-9-,13-12-,16-15-,19-18-. The van der Waals surface area contributed by atoms with Crippen LogP contribution >= 0.6 is 0 Å². The van der Waals surface area contributed by atoms with Gasteiger partial charge < -0.3 is 34.3 Å². The van der Waals surface area contributed by atoms with Gasteiger partial charge in [-0.2, -0.15) is 8.42 Å². The van der Waals surface area contributed by atoms with Crippen LogP contribution in [0.1, 0.15) is 104 Å². The summed E-state index contributed by atoms with van der Waals surface area (Å²) in [5, 5.41) is 30.3. The summed E-state index contributed by atoms with van der Waals surface area (Å²) in [6.45, 7) is 3.57. The smallest absolute Gasteiger partial charge is 0.397 e. The fourth-order valence-electron chi connectivity index (χ4n) is 4.93. The number of esters is 1. The van der Waals surface area contributed by atoms with E-state index in [1.54, 1.807) is 0 Å². The Kier molecular flexibility index (Phi) is 26.9. The maximum atomic E-state index is 12.4. The van der Waals surface area contributed by atoms with Crippen molar-refractivity contribution in [3.05, 3.63) is 60.8 Å². The Morgan fingerprint density at radius 1 is 0.780 bits per heavy atom. The van der Waals surface area contributed by atoms with Crippen molar-refractivity contribution in [3.8, 4) is 0 Å². The average molecular weight is 731 g/mol. The summed E-state index contributed by atoms with van der Waals surface area (Å²) in [4.78, 5) is 12.4. The fraction of sp³-hybridized carbons (Fsp3) is 0.703. The minimum Gasteiger partial charge on any atom is -0.457 e. The molecule has 6 atom stereocenters. The quantitative estimate of drug-likeness (QED) is 0.0313. The molecule has 1 aliphatic rings. The van der Waals surface area contributed by atoms with Crippen LogP contribution in [-0.2, 0) is 38.3 Å². The van der Waals surface area contributed by atoms with Gasteiger partial charge in [-0.25, -0.2) is 4.18 Å². The largest absolute Gasteiger partial charge is 0.457 e. The lowest BCUT2D eigenvalue weighted by atomic mass is 9.99. The number of allylic oxidation sites excluding steroid dienone is 10. The van der Waals surface area contributed by atoms with Crippen molar-refractivity contribution < 1.29 is 56.2 Å². The van der Waals surface area contributed by atoms with Crippen LogP contribution in [0.2, 0.25) is 0 Å². The highest BCUT2D eigenvalue weighted by atomic mass is 32.3. The van der Waals surface area contributed by atoms with Crippen molar-refractivity contribution >= 4 is 16.4 Å². The van der Waals surface area contributed by atoms with E-state index in [9.17, 15) is 28.5 Å². The Bertz CT molecular complexity index is 1120. The van der Waals surface area contributed by atoms with Gasteiger partial charge in [0.15, 0.2) is 6.29 Å². The summed E-state index contributed by atoms with van der Waals surface area (Å²) in [5.74, 6) is -0.438. The van der Waals surface area contributed by atoms with Gasteiger partial charge in [-0.1, -0.05) is 100 Å². The molecule has 0 aliphatic carbocycles. The zero-order chi connectivity index (χ0) is 36.9. The lowest BCUT2D eigenvalue weighted by Crippen LogP contribution is -2.60. The Morgan fingerprint density at radius 3 is 1.96 bits per heavy atom. The first kappa shape index (κ1) is 45.8. The normalized spacial score (nSPS) is 22.6. The number of rotatable bonds is 29. The van der Waals surface area contributed by atoms with E-state index < -0.39 is 59.8 Å². The topological polar surface area (TPSA) is 178 Å². The highest BCUT2D eigenvalue weighted by Crippen LogP contribution is 2.26. The van der Waals surface area contributed by atoms with E-state index in [4.69, 9.17) is 23.5 Å². The molecule has 6 unspecified atom stereocenters. The molecule has 1 saturated heterocycles. The molecule has 4 N–H and O–H groups in total. The number of hydrogen-bond acceptors (Lipinski definition) is 11. The molecule has 13 heteroatoms. The van der Waals surface area contributed by atoms with Gasteiger partial charge in [0.1, 0.15) is 30.5 Å². The first-order valence-corrected chi connectivity index (χ1v) is 19.4. The summed E-state index contributed by atoms with van der Waals surface area (Å²) in [6.07, 6.45) is 25.1. The van der Waals surface area contributed by atoms with E-state index in [2.05, 4.69) is 71.9 Å². The third-order valence-electron chi connectivity index (χ3n) is 7.65. The van der Waals surface area contributed by atoms with Crippen LogP contribution < -0.4 is 0 Å². The van der Waals surface area contributed by atoms with Crippen LogP contribution in [-0.4, -0.2) is 97.5 Å². The van der Waals surface area contributed by atoms with Crippen LogP contribution in [0.3, 0.4) is 0 Å². The molecule has 0 bridgehead atoms. The summed E-state index contributed by atoms with van der Waals surface area (Å²) in [6, 6.07) is 0. The number of hydrogen-bond donors (Lipinski definition) is 4. The number of aliphatic hydroxyl groups excluding tert-OH is 3. The van der Waals surface area contributed by atoms with Gasteiger partial charge in [0.2, 0.25) is 0 Å². The molecular weight excluding hydrogens is 668 g/mol. The van der Waals surface area contributed by atoms with Crippen LogP contribution in [0.25, 0.3) is 0 Å². The predicted octanol–water partition coefficient (Wildman–Crippen LogP) is 5.84. The lowest BCUT2D eigenvalue weighted by Gasteiger charge is -2.41. The Morgan fingerprint density at radius 2 is 1.38 bits per heavy atom. The predicted molar refractivity (Wildman–Crippen MR) is 193 cm³/mol. The Balaban J connectivity index is 2.37. The molecule has 0 aromatic heterocycles. The monoisotopic (exact) mass is 730 g/mol. The van der Waals surface area contributed by atoms with Gasteiger partial charge in [0.25, 0.3) is 0 Å². The van der Waals surface area contributed by atoms with Gasteiger partial charge in [0.05, 0.1) is 19.8 Å². The third kappa shape index (κ3) is 23.3. The molecule has 1 rings (SSSR count). The maximum Gasteiger partial charge on any atom is 0.397 e. The van der Waals surface area contributed by atoms with E-state index in [0.717, 1.165) is 77.0 Å². The zero-order valence-electron chi connectivity index (χ0n) is 29.9. The number of carbonyl (C=O) groups is 1. The highest BCUT2D eigenvalue weighted by Gasteiger charge is 2.48. The second-order valence-corrected chi connectivity index (χ2v) is 13.1. The maximum absolute atomic E-state index is 12.4. The average Bonchev–Trinajstić information content (AvgIpc) is 3.08. The third-order valence-corrected chi connectivity index (χ3v) is 8.12. The summed E-state index contributed by atoms with van der Waals surface area (Å²) in [5.41, 5.74) is 0. The molecule has 50 heavy (non-hydrogen) atoms.